The lowest BCUT2D eigenvalue weighted by Gasteiger charge is -2.08. The largest absolute Gasteiger partial charge is 0.396 e. The molecule has 0 heterocycles. The lowest BCUT2D eigenvalue weighted by Crippen LogP contribution is -2.15. The first-order valence-electron chi connectivity index (χ1n) is 5.70. The van der Waals surface area contributed by atoms with E-state index in [2.05, 4.69) is 5.32 Å². The topological polar surface area (TPSA) is 55.1 Å². The van der Waals surface area contributed by atoms with Gasteiger partial charge in [-0.1, -0.05) is 6.07 Å². The Balaban J connectivity index is 2.30. The number of halogens is 3. The number of aryl methyl sites for hydroxylation is 1. The van der Waals surface area contributed by atoms with Crippen LogP contribution in [0.3, 0.4) is 0 Å². The number of hydrogen-bond acceptors (Lipinski definition) is 2. The maximum Gasteiger partial charge on any atom is 0.258 e. The number of benzene rings is 2. The van der Waals surface area contributed by atoms with Crippen molar-refractivity contribution >= 4 is 17.3 Å². The Labute approximate surface area is 113 Å². The number of hydrogen-bond donors (Lipinski definition) is 2. The molecule has 3 N–H and O–H groups in total. The number of carbonyl (C=O) groups excluding carboxylic acids is 1. The molecule has 0 radical (unpaired) electrons. The molecule has 0 bridgehead atoms. The van der Waals surface area contributed by atoms with Gasteiger partial charge in [0.15, 0.2) is 5.82 Å². The Bertz CT molecular complexity index is 686. The van der Waals surface area contributed by atoms with E-state index in [4.69, 9.17) is 5.73 Å². The third-order valence-electron chi connectivity index (χ3n) is 2.74. The van der Waals surface area contributed by atoms with E-state index in [9.17, 15) is 18.0 Å². The highest BCUT2D eigenvalue weighted by Gasteiger charge is 2.16. The predicted molar refractivity (Wildman–Crippen MR) is 69.9 cm³/mol. The van der Waals surface area contributed by atoms with Gasteiger partial charge in [-0.2, -0.15) is 0 Å². The minimum absolute atomic E-state index is 0.139. The lowest BCUT2D eigenvalue weighted by molar-refractivity contribution is 0.102. The summed E-state index contributed by atoms with van der Waals surface area (Å²) in [5, 5.41) is 2.28. The lowest BCUT2D eigenvalue weighted by atomic mass is 10.1. The highest BCUT2D eigenvalue weighted by molar-refractivity contribution is 6.05. The molecule has 6 heteroatoms. The summed E-state index contributed by atoms with van der Waals surface area (Å²) in [7, 11) is 0. The Morgan fingerprint density at radius 1 is 1.15 bits per heavy atom. The van der Waals surface area contributed by atoms with E-state index in [0.717, 1.165) is 18.2 Å². The van der Waals surface area contributed by atoms with Crippen LogP contribution in [-0.4, -0.2) is 5.91 Å². The molecule has 1 amide bonds. The van der Waals surface area contributed by atoms with Gasteiger partial charge in [0, 0.05) is 5.69 Å². The zero-order valence-corrected chi connectivity index (χ0v) is 10.5. The van der Waals surface area contributed by atoms with Crippen molar-refractivity contribution in [2.24, 2.45) is 0 Å². The Hall–Kier alpha value is -2.50. The molecule has 0 spiro atoms. The molecule has 0 aliphatic carbocycles. The third kappa shape index (κ3) is 2.74. The highest BCUT2D eigenvalue weighted by atomic mass is 19.1. The Morgan fingerprint density at radius 2 is 1.85 bits per heavy atom. The van der Waals surface area contributed by atoms with E-state index in [-0.39, 0.29) is 5.69 Å². The first-order chi connectivity index (χ1) is 9.38. The number of carbonyl (C=O) groups is 1. The van der Waals surface area contributed by atoms with Gasteiger partial charge < -0.3 is 11.1 Å². The normalized spacial score (nSPS) is 10.4. The van der Waals surface area contributed by atoms with Gasteiger partial charge in [0.1, 0.15) is 11.6 Å². The molecule has 20 heavy (non-hydrogen) atoms. The second-order valence-corrected chi connectivity index (χ2v) is 4.27. The third-order valence-corrected chi connectivity index (χ3v) is 2.74. The van der Waals surface area contributed by atoms with Crippen LogP contribution in [0, 0.1) is 24.4 Å². The second kappa shape index (κ2) is 5.24. The van der Waals surface area contributed by atoms with Gasteiger partial charge in [0.2, 0.25) is 0 Å². The van der Waals surface area contributed by atoms with Gasteiger partial charge in [0.05, 0.1) is 11.3 Å². The standard InChI is InChI=1S/C14H11F3N2O/c1-7-2-3-9(6-11(7)16)19-14(20)10-4-8(15)5-12(18)13(10)17/h2-6H,18H2,1H3,(H,19,20). The fourth-order valence-electron chi connectivity index (χ4n) is 1.64. The van der Waals surface area contributed by atoms with Crippen molar-refractivity contribution in [1.82, 2.24) is 0 Å². The van der Waals surface area contributed by atoms with Crippen molar-refractivity contribution in [3.8, 4) is 0 Å². The molecule has 0 saturated heterocycles. The first kappa shape index (κ1) is 13.9. The maximum absolute atomic E-state index is 13.7. The maximum atomic E-state index is 13.7. The quantitative estimate of drug-likeness (QED) is 0.830. The van der Waals surface area contributed by atoms with E-state index in [1.807, 2.05) is 0 Å². The summed E-state index contributed by atoms with van der Waals surface area (Å²) in [5.41, 5.74) is 4.78. The molecule has 0 atom stereocenters. The number of anilines is 2. The summed E-state index contributed by atoms with van der Waals surface area (Å²) >= 11 is 0. The van der Waals surface area contributed by atoms with Crippen molar-refractivity contribution < 1.29 is 18.0 Å². The van der Waals surface area contributed by atoms with Crippen LogP contribution in [-0.2, 0) is 0 Å². The average molecular weight is 280 g/mol. The zero-order chi connectivity index (χ0) is 14.9. The number of nitrogens with two attached hydrogens (primary N) is 1. The smallest absolute Gasteiger partial charge is 0.258 e. The molecule has 3 nitrogen and oxygen atoms in total. The first-order valence-corrected chi connectivity index (χ1v) is 5.70. The average Bonchev–Trinajstić information content (AvgIpc) is 2.38. The second-order valence-electron chi connectivity index (χ2n) is 4.27. The van der Waals surface area contributed by atoms with Crippen molar-refractivity contribution in [1.29, 1.82) is 0 Å². The Kier molecular flexibility index (Phi) is 3.65. The fourth-order valence-corrected chi connectivity index (χ4v) is 1.64. The highest BCUT2D eigenvalue weighted by Crippen LogP contribution is 2.20. The zero-order valence-electron chi connectivity index (χ0n) is 10.5. The van der Waals surface area contributed by atoms with Crippen LogP contribution in [0.15, 0.2) is 30.3 Å². The molecule has 0 aliphatic heterocycles. The van der Waals surface area contributed by atoms with Crippen molar-refractivity contribution in [2.75, 3.05) is 11.1 Å². The monoisotopic (exact) mass is 280 g/mol. The molecule has 0 saturated carbocycles. The van der Waals surface area contributed by atoms with Crippen LogP contribution in [0.25, 0.3) is 0 Å². The van der Waals surface area contributed by atoms with Crippen molar-refractivity contribution in [2.45, 2.75) is 6.92 Å². The molecule has 2 rings (SSSR count). The fraction of sp³-hybridized carbons (Fsp3) is 0.0714. The molecule has 0 unspecified atom stereocenters. The summed E-state index contributed by atoms with van der Waals surface area (Å²) < 4.78 is 40.1. The molecular formula is C14H11F3N2O. The predicted octanol–water partition coefficient (Wildman–Crippen LogP) is 3.25. The summed E-state index contributed by atoms with van der Waals surface area (Å²) in [5.74, 6) is -3.26. The van der Waals surface area contributed by atoms with Gasteiger partial charge in [0.25, 0.3) is 5.91 Å². The van der Waals surface area contributed by atoms with Crippen LogP contribution in [0.1, 0.15) is 15.9 Å². The van der Waals surface area contributed by atoms with E-state index in [0.29, 0.717) is 5.56 Å². The van der Waals surface area contributed by atoms with Crippen LogP contribution < -0.4 is 11.1 Å². The van der Waals surface area contributed by atoms with E-state index >= 15 is 0 Å². The number of rotatable bonds is 2. The van der Waals surface area contributed by atoms with Crippen molar-refractivity contribution in [3.63, 3.8) is 0 Å². The molecule has 0 aliphatic rings. The van der Waals surface area contributed by atoms with Crippen LogP contribution in [0.4, 0.5) is 24.5 Å². The van der Waals surface area contributed by atoms with Crippen LogP contribution in [0.5, 0.6) is 0 Å². The number of nitrogens with one attached hydrogen (secondary N) is 1. The minimum atomic E-state index is -1.02. The van der Waals surface area contributed by atoms with Gasteiger partial charge in [-0.3, -0.25) is 4.79 Å². The molecule has 104 valence electrons. The van der Waals surface area contributed by atoms with E-state index < -0.39 is 34.6 Å². The summed E-state index contributed by atoms with van der Waals surface area (Å²) in [4.78, 5) is 11.8. The minimum Gasteiger partial charge on any atom is -0.396 e. The van der Waals surface area contributed by atoms with E-state index in [1.165, 1.54) is 12.1 Å². The van der Waals surface area contributed by atoms with E-state index in [1.54, 1.807) is 6.92 Å². The summed E-state index contributed by atoms with van der Waals surface area (Å²) in [6, 6.07) is 5.51. The van der Waals surface area contributed by atoms with Gasteiger partial charge in [-0.25, -0.2) is 13.2 Å². The summed E-state index contributed by atoms with van der Waals surface area (Å²) in [6.07, 6.45) is 0. The number of nitrogen functional groups attached to an aromatic ring is 1. The van der Waals surface area contributed by atoms with Crippen LogP contribution in [0.2, 0.25) is 0 Å². The molecule has 2 aromatic rings. The summed E-state index contributed by atoms with van der Waals surface area (Å²) in [6.45, 7) is 1.56. The van der Waals surface area contributed by atoms with Gasteiger partial charge >= 0.3 is 0 Å². The molecule has 0 fully saturated rings. The van der Waals surface area contributed by atoms with Gasteiger partial charge in [-0.15, -0.1) is 0 Å². The van der Waals surface area contributed by atoms with Gasteiger partial charge in [-0.05, 0) is 36.8 Å². The SMILES string of the molecule is Cc1ccc(NC(=O)c2cc(F)cc(N)c2F)cc1F. The number of amides is 1. The molecule has 0 aromatic heterocycles. The van der Waals surface area contributed by atoms with Crippen molar-refractivity contribution in [3.05, 3.63) is 58.9 Å². The van der Waals surface area contributed by atoms with Crippen LogP contribution >= 0.6 is 0 Å². The molecule has 2 aromatic carbocycles. The Morgan fingerprint density at radius 3 is 2.50 bits per heavy atom. The molecular weight excluding hydrogens is 269 g/mol.